The normalized spacial score (nSPS) is 16.7. The summed E-state index contributed by atoms with van der Waals surface area (Å²) in [6, 6.07) is 9.80. The Hall–Kier alpha value is -2.87. The average Bonchev–Trinajstić information content (AvgIpc) is 3.38. The van der Waals surface area contributed by atoms with E-state index in [9.17, 15) is 9.59 Å². The Bertz CT molecular complexity index is 1010. The van der Waals surface area contributed by atoms with Crippen molar-refractivity contribution in [3.8, 4) is 0 Å². The number of hydrogen-bond donors (Lipinski definition) is 0. The van der Waals surface area contributed by atoms with E-state index in [0.29, 0.717) is 28.1 Å². The van der Waals surface area contributed by atoms with Gasteiger partial charge in [-0.3, -0.25) is 9.59 Å². The molecule has 0 bridgehead atoms. The Balaban J connectivity index is 1.65. The molecule has 0 N–H and O–H groups in total. The molecule has 0 aliphatic carbocycles. The minimum Gasteiger partial charge on any atom is -0.467 e. The number of carbonyl (C=O) groups excluding carboxylic acids is 1. The minimum atomic E-state index is -0.375. The van der Waals surface area contributed by atoms with Gasteiger partial charge in [0.1, 0.15) is 29.8 Å². The third-order valence-electron chi connectivity index (χ3n) is 4.10. The van der Waals surface area contributed by atoms with E-state index >= 15 is 0 Å². The number of furan rings is 2. The summed E-state index contributed by atoms with van der Waals surface area (Å²) in [5.41, 5.74) is 0.400. The number of hydrogen-bond acceptors (Lipinski definition) is 5. The largest absolute Gasteiger partial charge is 0.467 e. The number of rotatable bonds is 4. The van der Waals surface area contributed by atoms with Gasteiger partial charge in [0.25, 0.3) is 11.5 Å². The molecule has 0 unspecified atom stereocenters. The Morgan fingerprint density at radius 3 is 2.73 bits per heavy atom. The van der Waals surface area contributed by atoms with E-state index in [0.717, 1.165) is 0 Å². The summed E-state index contributed by atoms with van der Waals surface area (Å²) in [6.45, 7) is -0.121. The molecule has 4 heterocycles. The van der Waals surface area contributed by atoms with Crippen LogP contribution in [0.4, 0.5) is 0 Å². The third-order valence-corrected chi connectivity index (χ3v) is 4.57. The maximum Gasteiger partial charge on any atom is 0.263 e. The van der Waals surface area contributed by atoms with Gasteiger partial charge in [0.2, 0.25) is 0 Å². The Morgan fingerprint density at radius 1 is 1.19 bits per heavy atom. The molecular formula is C18H14BrN3O4. The van der Waals surface area contributed by atoms with Crippen LogP contribution in [-0.4, -0.2) is 21.2 Å². The predicted molar refractivity (Wildman–Crippen MR) is 96.6 cm³/mol. The molecule has 132 valence electrons. The molecule has 0 aromatic carbocycles. The van der Waals surface area contributed by atoms with Gasteiger partial charge >= 0.3 is 0 Å². The highest BCUT2D eigenvalue weighted by Gasteiger charge is 2.35. The predicted octanol–water partition coefficient (Wildman–Crippen LogP) is 3.17. The Kier molecular flexibility index (Phi) is 4.34. The lowest BCUT2D eigenvalue weighted by molar-refractivity contribution is -0.134. The molecule has 7 nitrogen and oxygen atoms in total. The molecule has 8 heteroatoms. The SMILES string of the molecule is O=C(Cn1cc(Br)ccc1=O)N1N=C(c2ccco2)C[C@@H]1c1ccco1. The molecule has 3 aromatic rings. The van der Waals surface area contributed by atoms with Crippen LogP contribution >= 0.6 is 15.9 Å². The van der Waals surface area contributed by atoms with Crippen molar-refractivity contribution >= 4 is 27.5 Å². The van der Waals surface area contributed by atoms with Crippen LogP contribution in [0.25, 0.3) is 0 Å². The third kappa shape index (κ3) is 3.15. The fourth-order valence-corrected chi connectivity index (χ4v) is 3.26. The van der Waals surface area contributed by atoms with Gasteiger partial charge in [-0.05, 0) is 46.3 Å². The zero-order valence-electron chi connectivity index (χ0n) is 13.5. The number of carbonyl (C=O) groups is 1. The van der Waals surface area contributed by atoms with Gasteiger partial charge in [-0.1, -0.05) is 0 Å². The first-order chi connectivity index (χ1) is 12.6. The fourth-order valence-electron chi connectivity index (χ4n) is 2.88. The van der Waals surface area contributed by atoms with Crippen LogP contribution in [0.15, 0.2) is 78.3 Å². The van der Waals surface area contributed by atoms with Crippen molar-refractivity contribution in [2.75, 3.05) is 0 Å². The molecule has 1 aliphatic rings. The van der Waals surface area contributed by atoms with Crippen molar-refractivity contribution in [2.24, 2.45) is 5.10 Å². The quantitative estimate of drug-likeness (QED) is 0.655. The molecule has 1 atom stereocenters. The first kappa shape index (κ1) is 16.6. The summed E-state index contributed by atoms with van der Waals surface area (Å²) in [6.07, 6.45) is 5.17. The second-order valence-corrected chi connectivity index (χ2v) is 6.73. The topological polar surface area (TPSA) is 81.0 Å². The number of amides is 1. The fraction of sp³-hybridized carbons (Fsp3) is 0.167. The number of nitrogens with zero attached hydrogens (tertiary/aromatic N) is 3. The van der Waals surface area contributed by atoms with Gasteiger partial charge in [0.15, 0.2) is 0 Å². The van der Waals surface area contributed by atoms with Crippen molar-refractivity contribution in [3.63, 3.8) is 0 Å². The van der Waals surface area contributed by atoms with E-state index in [1.165, 1.54) is 15.6 Å². The van der Waals surface area contributed by atoms with Crippen molar-refractivity contribution < 1.29 is 13.6 Å². The van der Waals surface area contributed by atoms with Crippen LogP contribution < -0.4 is 5.56 Å². The van der Waals surface area contributed by atoms with Crippen LogP contribution in [0.2, 0.25) is 0 Å². The summed E-state index contributed by atoms with van der Waals surface area (Å²) in [5.74, 6) is 0.926. The van der Waals surface area contributed by atoms with Gasteiger partial charge < -0.3 is 13.4 Å². The molecule has 3 aromatic heterocycles. The van der Waals surface area contributed by atoms with Crippen LogP contribution in [0, 0.1) is 0 Å². The zero-order valence-corrected chi connectivity index (χ0v) is 15.1. The van der Waals surface area contributed by atoms with Crippen molar-refractivity contribution in [3.05, 3.63) is 81.5 Å². The van der Waals surface area contributed by atoms with E-state index in [4.69, 9.17) is 8.83 Å². The van der Waals surface area contributed by atoms with Gasteiger partial charge in [0, 0.05) is 23.2 Å². The Morgan fingerprint density at radius 2 is 2.00 bits per heavy atom. The lowest BCUT2D eigenvalue weighted by Crippen LogP contribution is -2.33. The van der Waals surface area contributed by atoms with Gasteiger partial charge in [-0.25, -0.2) is 5.01 Å². The Labute approximate surface area is 156 Å². The summed E-state index contributed by atoms with van der Waals surface area (Å²) in [4.78, 5) is 24.9. The zero-order chi connectivity index (χ0) is 18.1. The van der Waals surface area contributed by atoms with Crippen molar-refractivity contribution in [2.45, 2.75) is 19.0 Å². The van der Waals surface area contributed by atoms with Crippen LogP contribution in [0.5, 0.6) is 0 Å². The standard InChI is InChI=1S/C18H14BrN3O4/c19-12-5-6-17(23)21(10-12)11-18(24)22-14(16-4-2-8-26-16)9-13(20-22)15-3-1-7-25-15/h1-8,10,14H,9,11H2/t14-/m1/s1. The van der Waals surface area contributed by atoms with E-state index in [-0.39, 0.29) is 24.1 Å². The summed E-state index contributed by atoms with van der Waals surface area (Å²) in [5, 5.41) is 5.80. The summed E-state index contributed by atoms with van der Waals surface area (Å²) < 4.78 is 12.9. The molecule has 26 heavy (non-hydrogen) atoms. The average molecular weight is 416 g/mol. The number of halogens is 1. The van der Waals surface area contributed by atoms with Crippen LogP contribution in [0.3, 0.4) is 0 Å². The maximum absolute atomic E-state index is 12.9. The second kappa shape index (κ2) is 6.80. The first-order valence-corrected chi connectivity index (χ1v) is 8.74. The highest BCUT2D eigenvalue weighted by molar-refractivity contribution is 9.10. The molecule has 0 fully saturated rings. The molecule has 0 saturated carbocycles. The van der Waals surface area contributed by atoms with E-state index in [1.54, 1.807) is 49.1 Å². The summed E-state index contributed by atoms with van der Waals surface area (Å²) in [7, 11) is 0. The smallest absolute Gasteiger partial charge is 0.263 e. The first-order valence-electron chi connectivity index (χ1n) is 7.94. The molecule has 0 spiro atoms. The summed E-state index contributed by atoms with van der Waals surface area (Å²) >= 11 is 3.31. The van der Waals surface area contributed by atoms with Crippen LogP contribution in [-0.2, 0) is 11.3 Å². The maximum atomic E-state index is 12.9. The molecule has 1 aliphatic heterocycles. The number of hydrazone groups is 1. The number of aromatic nitrogens is 1. The highest BCUT2D eigenvalue weighted by atomic mass is 79.9. The lowest BCUT2D eigenvalue weighted by Gasteiger charge is -2.20. The molecule has 4 rings (SSSR count). The van der Waals surface area contributed by atoms with E-state index < -0.39 is 0 Å². The van der Waals surface area contributed by atoms with Crippen molar-refractivity contribution in [1.82, 2.24) is 9.58 Å². The molecule has 1 amide bonds. The second-order valence-electron chi connectivity index (χ2n) is 5.81. The minimum absolute atomic E-state index is 0.121. The van der Waals surface area contributed by atoms with Crippen molar-refractivity contribution in [1.29, 1.82) is 0 Å². The van der Waals surface area contributed by atoms with Gasteiger partial charge in [0.05, 0.1) is 12.5 Å². The number of pyridine rings is 1. The van der Waals surface area contributed by atoms with Gasteiger partial charge in [-0.2, -0.15) is 5.10 Å². The molecule has 0 saturated heterocycles. The highest BCUT2D eigenvalue weighted by Crippen LogP contribution is 2.33. The van der Waals surface area contributed by atoms with Gasteiger partial charge in [-0.15, -0.1) is 0 Å². The van der Waals surface area contributed by atoms with E-state index in [1.807, 2.05) is 0 Å². The van der Waals surface area contributed by atoms with E-state index in [2.05, 4.69) is 21.0 Å². The molecular weight excluding hydrogens is 402 g/mol. The molecule has 0 radical (unpaired) electrons. The monoisotopic (exact) mass is 415 g/mol. The lowest BCUT2D eigenvalue weighted by atomic mass is 10.1. The van der Waals surface area contributed by atoms with Crippen LogP contribution in [0.1, 0.15) is 24.0 Å².